The number of hydrogen-bond acceptors (Lipinski definition) is 2. The lowest BCUT2D eigenvalue weighted by Crippen LogP contribution is -1.98. The smallest absolute Gasteiger partial charge is 0.319 e. The number of carbonyl (C=O) groups excluding carboxylic acids is 1. The van der Waals surface area contributed by atoms with Crippen molar-refractivity contribution in [3.63, 3.8) is 0 Å². The maximum absolute atomic E-state index is 10.7. The van der Waals surface area contributed by atoms with Gasteiger partial charge in [0.15, 0.2) is 0 Å². The molecular formula is C7H15O4P. The van der Waals surface area contributed by atoms with Crippen molar-refractivity contribution in [2.24, 2.45) is 0 Å². The van der Waals surface area contributed by atoms with Gasteiger partial charge in [0.1, 0.15) is 0 Å². The molecule has 0 heterocycles. The van der Waals surface area contributed by atoms with Crippen molar-refractivity contribution >= 4 is 13.1 Å². The van der Waals surface area contributed by atoms with Crippen LogP contribution in [0.15, 0.2) is 0 Å². The zero-order valence-electron chi connectivity index (χ0n) is 7.19. The molecule has 0 aromatic carbocycles. The van der Waals surface area contributed by atoms with Gasteiger partial charge in [0, 0.05) is 6.42 Å². The number of unbranched alkanes of at least 4 members (excludes halogenated alkanes) is 3. The molecule has 0 amide bonds. The Morgan fingerprint density at radius 2 is 1.83 bits per heavy atom. The second-order valence-electron chi connectivity index (χ2n) is 2.75. The summed E-state index contributed by atoms with van der Waals surface area (Å²) in [4.78, 5) is 27.5. The van der Waals surface area contributed by atoms with Crippen molar-refractivity contribution in [1.82, 2.24) is 0 Å². The normalized spacial score (nSPS) is 11.6. The molecule has 0 fully saturated rings. The lowest BCUT2D eigenvalue weighted by molar-refractivity contribution is -0.113. The third kappa shape index (κ3) is 5.47. The van der Waals surface area contributed by atoms with Gasteiger partial charge >= 0.3 is 7.60 Å². The van der Waals surface area contributed by atoms with Crippen LogP contribution in [0.25, 0.3) is 0 Å². The predicted octanol–water partition coefficient (Wildman–Crippen LogP) is 1.66. The van der Waals surface area contributed by atoms with E-state index in [0.717, 1.165) is 19.3 Å². The molecule has 0 aromatic rings. The summed E-state index contributed by atoms with van der Waals surface area (Å²) < 4.78 is 10.3. The van der Waals surface area contributed by atoms with Crippen molar-refractivity contribution in [2.45, 2.75) is 39.0 Å². The van der Waals surface area contributed by atoms with E-state index < -0.39 is 13.1 Å². The zero-order valence-corrected chi connectivity index (χ0v) is 8.09. The highest BCUT2D eigenvalue weighted by Crippen LogP contribution is 2.37. The zero-order chi connectivity index (χ0) is 9.61. The Bertz CT molecular complexity index is 184. The van der Waals surface area contributed by atoms with Crippen molar-refractivity contribution in [2.75, 3.05) is 0 Å². The summed E-state index contributed by atoms with van der Waals surface area (Å²) in [6.45, 7) is 2.03. The van der Waals surface area contributed by atoms with Crippen LogP contribution in [0, 0.1) is 0 Å². The highest BCUT2D eigenvalue weighted by atomic mass is 31.2. The first kappa shape index (κ1) is 11.8. The van der Waals surface area contributed by atoms with Gasteiger partial charge in [-0.3, -0.25) is 9.36 Å². The topological polar surface area (TPSA) is 74.6 Å². The molecular weight excluding hydrogens is 179 g/mol. The van der Waals surface area contributed by atoms with Gasteiger partial charge < -0.3 is 9.79 Å². The summed E-state index contributed by atoms with van der Waals surface area (Å²) in [5.74, 6) is 0. The van der Waals surface area contributed by atoms with Gasteiger partial charge in [-0.15, -0.1) is 0 Å². The van der Waals surface area contributed by atoms with Crippen LogP contribution in [0.3, 0.4) is 0 Å². The molecule has 0 saturated heterocycles. The first-order valence-electron chi connectivity index (χ1n) is 4.07. The van der Waals surface area contributed by atoms with E-state index in [1.165, 1.54) is 0 Å². The van der Waals surface area contributed by atoms with Gasteiger partial charge in [0.2, 0.25) is 5.52 Å². The highest BCUT2D eigenvalue weighted by Gasteiger charge is 2.23. The average molecular weight is 194 g/mol. The highest BCUT2D eigenvalue weighted by molar-refractivity contribution is 7.70. The van der Waals surface area contributed by atoms with Crippen LogP contribution in [0.4, 0.5) is 0 Å². The van der Waals surface area contributed by atoms with Crippen LogP contribution in [0.5, 0.6) is 0 Å². The number of hydrogen-bond donors (Lipinski definition) is 2. The summed E-state index contributed by atoms with van der Waals surface area (Å²) in [6, 6.07) is 0. The van der Waals surface area contributed by atoms with Gasteiger partial charge in [0.25, 0.3) is 0 Å². The minimum atomic E-state index is -4.44. The van der Waals surface area contributed by atoms with Gasteiger partial charge in [-0.05, 0) is 6.42 Å². The molecule has 0 saturated carbocycles. The first-order valence-corrected chi connectivity index (χ1v) is 5.68. The van der Waals surface area contributed by atoms with E-state index in [0.29, 0.717) is 6.42 Å². The van der Waals surface area contributed by atoms with Crippen LogP contribution in [-0.2, 0) is 9.36 Å². The van der Waals surface area contributed by atoms with Crippen molar-refractivity contribution < 1.29 is 19.1 Å². The Kier molecular flexibility index (Phi) is 5.38. The lowest BCUT2D eigenvalue weighted by atomic mass is 10.2. The monoisotopic (exact) mass is 194 g/mol. The molecule has 5 heteroatoms. The van der Waals surface area contributed by atoms with E-state index in [1.54, 1.807) is 0 Å². The maximum atomic E-state index is 10.7. The molecule has 0 aliphatic carbocycles. The Hall–Kier alpha value is -0.180. The van der Waals surface area contributed by atoms with Crippen LogP contribution in [0.1, 0.15) is 39.0 Å². The standard InChI is InChI=1S/C7H15O4P/c1-2-3-4-5-6-7(8)12(9,10)11/h2-6H2,1H3,(H2,9,10,11). The van der Waals surface area contributed by atoms with Gasteiger partial charge in [-0.1, -0.05) is 26.2 Å². The van der Waals surface area contributed by atoms with Gasteiger partial charge in [-0.25, -0.2) is 0 Å². The summed E-state index contributed by atoms with van der Waals surface area (Å²) in [5.41, 5.74) is -0.932. The quantitative estimate of drug-likeness (QED) is 0.498. The molecule has 0 atom stereocenters. The molecule has 4 nitrogen and oxygen atoms in total. The van der Waals surface area contributed by atoms with Gasteiger partial charge in [0.05, 0.1) is 0 Å². The second kappa shape index (κ2) is 5.46. The summed E-state index contributed by atoms with van der Waals surface area (Å²) in [6.07, 6.45) is 3.50. The predicted molar refractivity (Wildman–Crippen MR) is 45.8 cm³/mol. The molecule has 0 rings (SSSR count). The van der Waals surface area contributed by atoms with Crippen LogP contribution < -0.4 is 0 Å². The van der Waals surface area contributed by atoms with E-state index in [4.69, 9.17) is 9.79 Å². The van der Waals surface area contributed by atoms with Crippen LogP contribution in [-0.4, -0.2) is 15.3 Å². The fourth-order valence-electron chi connectivity index (χ4n) is 0.849. The Morgan fingerprint density at radius 1 is 1.25 bits per heavy atom. The third-order valence-electron chi connectivity index (χ3n) is 1.57. The number of rotatable bonds is 6. The van der Waals surface area contributed by atoms with Crippen molar-refractivity contribution in [3.8, 4) is 0 Å². The molecule has 0 aliphatic rings. The van der Waals surface area contributed by atoms with E-state index in [2.05, 4.69) is 0 Å². The largest absolute Gasteiger partial charge is 0.391 e. The molecule has 2 N–H and O–H groups in total. The first-order chi connectivity index (χ1) is 5.48. The fourth-order valence-corrected chi connectivity index (χ4v) is 1.30. The van der Waals surface area contributed by atoms with Crippen LogP contribution >= 0.6 is 7.60 Å². The van der Waals surface area contributed by atoms with E-state index >= 15 is 0 Å². The summed E-state index contributed by atoms with van der Waals surface area (Å²) in [7, 11) is -4.44. The van der Waals surface area contributed by atoms with Gasteiger partial charge in [-0.2, -0.15) is 0 Å². The average Bonchev–Trinajstić information content (AvgIpc) is 1.96. The molecule has 0 aliphatic heterocycles. The Labute approximate surface area is 72.1 Å². The fraction of sp³-hybridized carbons (Fsp3) is 0.857. The second-order valence-corrected chi connectivity index (χ2v) is 4.34. The SMILES string of the molecule is CCCCCCC(=O)P(=O)(O)O. The lowest BCUT2D eigenvalue weighted by Gasteiger charge is -2.01. The van der Waals surface area contributed by atoms with E-state index in [-0.39, 0.29) is 6.42 Å². The minimum absolute atomic E-state index is 0.00424. The molecule has 72 valence electrons. The van der Waals surface area contributed by atoms with E-state index in [9.17, 15) is 9.36 Å². The summed E-state index contributed by atoms with van der Waals surface area (Å²) in [5, 5.41) is 0. The molecule has 0 radical (unpaired) electrons. The molecule has 0 unspecified atom stereocenters. The molecule has 0 bridgehead atoms. The van der Waals surface area contributed by atoms with Crippen LogP contribution in [0.2, 0.25) is 0 Å². The Morgan fingerprint density at radius 3 is 2.25 bits per heavy atom. The van der Waals surface area contributed by atoms with Crippen molar-refractivity contribution in [1.29, 1.82) is 0 Å². The van der Waals surface area contributed by atoms with E-state index in [1.807, 2.05) is 6.92 Å². The van der Waals surface area contributed by atoms with Crippen molar-refractivity contribution in [3.05, 3.63) is 0 Å². The minimum Gasteiger partial charge on any atom is -0.319 e. The maximum Gasteiger partial charge on any atom is 0.391 e. The third-order valence-corrected chi connectivity index (χ3v) is 2.44. The summed E-state index contributed by atoms with van der Waals surface area (Å²) >= 11 is 0. The number of carbonyl (C=O) groups is 1. The molecule has 0 spiro atoms. The molecule has 12 heavy (non-hydrogen) atoms. The Balaban J connectivity index is 3.52. The molecule has 0 aromatic heterocycles.